The molecule has 0 radical (unpaired) electrons. The summed E-state index contributed by atoms with van der Waals surface area (Å²) in [6, 6.07) is 86.9. The van der Waals surface area contributed by atoms with Crippen LogP contribution in [0.1, 0.15) is 191 Å². The average Bonchev–Trinajstić information content (AvgIpc) is 1.69. The number of hydrogen-bond acceptors (Lipinski definition) is 3. The van der Waals surface area contributed by atoms with E-state index in [-0.39, 0.29) is 63.8 Å². The third-order valence-electron chi connectivity index (χ3n) is 14.6. The zero-order valence-electron chi connectivity index (χ0n) is 60.8. The van der Waals surface area contributed by atoms with Gasteiger partial charge in [-0.15, -0.1) is 90.6 Å². The van der Waals surface area contributed by atoms with Crippen LogP contribution in [0, 0.1) is 60.3 Å². The van der Waals surface area contributed by atoms with Crippen LogP contribution in [0.15, 0.2) is 273 Å². The Morgan fingerprint density at radius 1 is 0.299 bits per heavy atom. The number of nitrogens with one attached hydrogen (secondary N) is 1. The van der Waals surface area contributed by atoms with Crippen molar-refractivity contribution in [3.05, 3.63) is 400 Å². The Labute approximate surface area is 627 Å². The van der Waals surface area contributed by atoms with E-state index in [1.54, 1.807) is 0 Å². The van der Waals surface area contributed by atoms with Gasteiger partial charge in [-0.2, -0.15) is 183 Å². The van der Waals surface area contributed by atoms with Crippen LogP contribution in [-0.4, -0.2) is 19.6 Å². The first kappa shape index (κ1) is 86.8. The van der Waals surface area contributed by atoms with Crippen LogP contribution in [0.2, 0.25) is 0 Å². The monoisotopic (exact) mass is 1620 g/mol. The van der Waals surface area contributed by atoms with Gasteiger partial charge in [0.15, 0.2) is 0 Å². The van der Waals surface area contributed by atoms with Gasteiger partial charge in [-0.05, 0) is 52.8 Å². The normalized spacial score (nSPS) is 10.6. The number of aryl methyl sites for hydroxylation is 2. The van der Waals surface area contributed by atoms with Gasteiger partial charge in [0.05, 0.1) is 11.7 Å². The summed E-state index contributed by atoms with van der Waals surface area (Å²) in [6.45, 7) is 53.0. The van der Waals surface area contributed by atoms with Gasteiger partial charge in [0.1, 0.15) is 0 Å². The molecular formula is C89H110Hf2N6. The fourth-order valence-corrected chi connectivity index (χ4v) is 9.35. The molecule has 11 aromatic rings. The first-order chi connectivity index (χ1) is 45.4. The molecule has 9 aromatic carbocycles. The van der Waals surface area contributed by atoms with Gasteiger partial charge in [0.2, 0.25) is 0 Å². The van der Waals surface area contributed by atoms with Crippen molar-refractivity contribution in [1.82, 2.24) is 19.6 Å². The average molecular weight is 1620 g/mol. The largest absolute Gasteiger partial charge is 4.00 e. The van der Waals surface area contributed by atoms with Crippen molar-refractivity contribution >= 4 is 11.4 Å². The Morgan fingerprint density at radius 2 is 0.536 bits per heavy atom. The van der Waals surface area contributed by atoms with Gasteiger partial charge in [0, 0.05) is 37.9 Å². The molecule has 0 aliphatic rings. The maximum Gasteiger partial charge on any atom is 4.00 e. The summed E-state index contributed by atoms with van der Waals surface area (Å²) >= 11 is 0. The molecule has 504 valence electrons. The van der Waals surface area contributed by atoms with Gasteiger partial charge < -0.3 is 10.6 Å². The Bertz CT molecular complexity index is 3120. The Kier molecular flexibility index (Phi) is 44.2. The number of hydrogen-bond donors (Lipinski definition) is 1. The van der Waals surface area contributed by atoms with E-state index in [4.69, 9.17) is 5.32 Å². The van der Waals surface area contributed by atoms with Crippen molar-refractivity contribution in [1.29, 1.82) is 0 Å². The minimum atomic E-state index is 0. The molecule has 0 aliphatic carbocycles. The smallest absolute Gasteiger partial charge is 0.676 e. The minimum absolute atomic E-state index is 0. The maximum atomic E-state index is 5.21. The number of rotatable bonds is 12. The van der Waals surface area contributed by atoms with Crippen LogP contribution in [0.4, 0.5) is 11.4 Å². The third kappa shape index (κ3) is 36.1. The van der Waals surface area contributed by atoms with Crippen LogP contribution < -0.4 is 5.32 Å². The summed E-state index contributed by atoms with van der Waals surface area (Å²) in [5.74, 6) is 2.78. The number of aromatic nitrogens is 4. The molecule has 0 spiro atoms. The van der Waals surface area contributed by atoms with Crippen LogP contribution in [-0.2, 0) is 65.8 Å². The Morgan fingerprint density at radius 3 is 0.722 bits per heavy atom. The van der Waals surface area contributed by atoms with Crippen LogP contribution in [0.3, 0.4) is 0 Å². The van der Waals surface area contributed by atoms with Crippen LogP contribution in [0.5, 0.6) is 0 Å². The van der Waals surface area contributed by atoms with E-state index < -0.39 is 0 Å². The Balaban J connectivity index is 0.000000579. The molecule has 2 heterocycles. The summed E-state index contributed by atoms with van der Waals surface area (Å²) < 4.78 is 3.74. The van der Waals surface area contributed by atoms with E-state index in [2.05, 4.69) is 196 Å². The summed E-state index contributed by atoms with van der Waals surface area (Å²) in [4.78, 5) is 0. The molecule has 0 amide bonds. The molecule has 2 atom stereocenters. The van der Waals surface area contributed by atoms with Crippen molar-refractivity contribution in [2.75, 3.05) is 5.32 Å². The van der Waals surface area contributed by atoms with E-state index in [1.165, 1.54) is 33.6 Å². The van der Waals surface area contributed by atoms with Crippen molar-refractivity contribution < 1.29 is 51.7 Å². The molecule has 0 saturated heterocycles. The van der Waals surface area contributed by atoms with Gasteiger partial charge in [0.25, 0.3) is 0 Å². The zero-order chi connectivity index (χ0) is 70.1. The van der Waals surface area contributed by atoms with Crippen LogP contribution >= 0.6 is 0 Å². The molecule has 0 aliphatic heterocycles. The minimum Gasteiger partial charge on any atom is -0.676 e. The fraction of sp³-hybridized carbons (Fsp3) is 0.247. The van der Waals surface area contributed by atoms with Gasteiger partial charge in [-0.25, -0.2) is 0 Å². The molecule has 0 saturated carbocycles. The molecule has 0 bridgehead atoms. The standard InChI is InChI=1S/C20H31N3.C20H30N3.7C7H7.2Hf/c2*1-13(2)16-9-8-10-17(14(3)4)20(16)21-19(15(5)6)18-11-12-23(7)22-18;7*1-7-5-3-2-4-6-7;;/h8-15,19,21H,1-7H3;8-15,19H,1-7H3;7*2-6H,1H2;;/q;8*-1;2*+4. The summed E-state index contributed by atoms with van der Waals surface area (Å²) in [6.07, 6.45) is 4.02. The predicted octanol–water partition coefficient (Wildman–Crippen LogP) is 24.6. The molecule has 2 unspecified atom stereocenters. The first-order valence-electron chi connectivity index (χ1n) is 33.2. The quantitative estimate of drug-likeness (QED) is 0.0979. The molecule has 1 N–H and O–H groups in total. The number of anilines is 1. The second-order valence-corrected chi connectivity index (χ2v) is 25.1. The van der Waals surface area contributed by atoms with E-state index in [0.717, 1.165) is 50.3 Å². The SMILES string of the molecule is CC(C)c1cccc(C(C)C)c1NC(c1ccn(C)n1)C(C)C.CC(C)c1cccc(C(C)C)c1[N-]C(c1ccn(C)n1)C(C)C.[CH2-]c1ccccc1.[CH2-]c1ccccc1.[CH2-]c1ccccc1.[CH2-]c1ccccc1.[CH2-]c1ccccc1.[CH2-]c1ccccc1.[CH2-]c1ccccc1.[Hf+4].[Hf+4]. The number of nitrogens with zero attached hydrogens (tertiary/aromatic N) is 5. The zero-order valence-corrected chi connectivity index (χ0v) is 68.0. The number of benzene rings is 9. The summed E-state index contributed by atoms with van der Waals surface area (Å²) in [7, 11) is 3.94. The van der Waals surface area contributed by atoms with E-state index >= 15 is 0 Å². The first-order valence-corrected chi connectivity index (χ1v) is 33.2. The van der Waals surface area contributed by atoms with Crippen molar-refractivity contribution in [2.24, 2.45) is 25.9 Å². The molecule has 2 aromatic heterocycles. The molecule has 11 rings (SSSR count). The molecule has 8 heteroatoms. The number of para-hydroxylation sites is 2. The van der Waals surface area contributed by atoms with Crippen molar-refractivity contribution in [3.63, 3.8) is 0 Å². The second-order valence-electron chi connectivity index (χ2n) is 25.1. The topological polar surface area (TPSA) is 61.8 Å². The van der Waals surface area contributed by atoms with E-state index in [9.17, 15) is 0 Å². The summed E-state index contributed by atoms with van der Waals surface area (Å²) in [5.41, 5.74) is 17.6. The second kappa shape index (κ2) is 49.4. The van der Waals surface area contributed by atoms with E-state index in [1.807, 2.05) is 248 Å². The maximum absolute atomic E-state index is 5.21. The van der Waals surface area contributed by atoms with Gasteiger partial charge in [-0.3, -0.25) is 9.36 Å². The van der Waals surface area contributed by atoms with Gasteiger partial charge in [-0.1, -0.05) is 185 Å². The molecule has 6 nitrogen and oxygen atoms in total. The van der Waals surface area contributed by atoms with E-state index in [0.29, 0.717) is 35.5 Å². The van der Waals surface area contributed by atoms with Crippen LogP contribution in [0.25, 0.3) is 5.32 Å². The molecule has 97 heavy (non-hydrogen) atoms. The Hall–Kier alpha value is -8.17. The summed E-state index contributed by atoms with van der Waals surface area (Å²) in [5, 5.41) is 18.3. The predicted molar refractivity (Wildman–Crippen MR) is 414 cm³/mol. The molecular weight excluding hydrogens is 1510 g/mol. The van der Waals surface area contributed by atoms with Crippen molar-refractivity contribution in [2.45, 2.75) is 119 Å². The third-order valence-corrected chi connectivity index (χ3v) is 14.6. The molecule has 0 fully saturated rings. The van der Waals surface area contributed by atoms with Crippen molar-refractivity contribution in [3.8, 4) is 0 Å². The fourth-order valence-electron chi connectivity index (χ4n) is 9.35. The van der Waals surface area contributed by atoms with Gasteiger partial charge >= 0.3 is 51.7 Å².